The van der Waals surface area contributed by atoms with E-state index in [4.69, 9.17) is 4.74 Å². The average molecular weight is 488 g/mol. The van der Waals surface area contributed by atoms with Crippen molar-refractivity contribution in [3.63, 3.8) is 0 Å². The van der Waals surface area contributed by atoms with Crippen molar-refractivity contribution in [2.24, 2.45) is 0 Å². The first-order chi connectivity index (χ1) is 16.2. The Morgan fingerprint density at radius 3 is 2.35 bits per heavy atom. The van der Waals surface area contributed by atoms with Crippen LogP contribution in [0.15, 0.2) is 59.5 Å². The van der Waals surface area contributed by atoms with Crippen LogP contribution >= 0.6 is 0 Å². The van der Waals surface area contributed by atoms with Crippen LogP contribution in [0.3, 0.4) is 0 Å². The summed E-state index contributed by atoms with van der Waals surface area (Å²) in [6.07, 6.45) is 3.68. The molecule has 1 aliphatic carbocycles. The summed E-state index contributed by atoms with van der Waals surface area (Å²) in [5.74, 6) is -1.65. The minimum absolute atomic E-state index is 0.0260. The molecular weight excluding hydrogens is 458 g/mol. The number of anilines is 1. The van der Waals surface area contributed by atoms with Gasteiger partial charge in [0.1, 0.15) is 0 Å². The van der Waals surface area contributed by atoms with Crippen LogP contribution in [0.1, 0.15) is 49.4 Å². The summed E-state index contributed by atoms with van der Waals surface area (Å²) < 4.78 is 32.2. The molecule has 0 saturated heterocycles. The Hall–Kier alpha value is -3.40. The van der Waals surface area contributed by atoms with Crippen LogP contribution in [0.2, 0.25) is 0 Å². The zero-order valence-electron chi connectivity index (χ0n) is 19.2. The number of rotatable bonds is 7. The molecule has 0 aromatic heterocycles. The summed E-state index contributed by atoms with van der Waals surface area (Å²) in [5.41, 5.74) is 0.432. The average Bonchev–Trinajstić information content (AvgIpc) is 2.84. The Balaban J connectivity index is 1.62. The number of benzene rings is 2. The lowest BCUT2D eigenvalue weighted by molar-refractivity contribution is -0.127. The van der Waals surface area contributed by atoms with E-state index in [0.29, 0.717) is 5.69 Å². The number of carbonyl (C=O) groups excluding carboxylic acids is 3. The quantitative estimate of drug-likeness (QED) is 0.579. The lowest BCUT2D eigenvalue weighted by Crippen LogP contribution is -2.48. The first-order valence-corrected chi connectivity index (χ1v) is 12.6. The van der Waals surface area contributed by atoms with Gasteiger partial charge in [-0.05, 0) is 50.1 Å². The number of amides is 3. The smallest absolute Gasteiger partial charge is 0.338 e. The van der Waals surface area contributed by atoms with Gasteiger partial charge >= 0.3 is 12.0 Å². The molecule has 182 valence electrons. The number of hydrogen-bond donors (Lipinski definition) is 2. The summed E-state index contributed by atoms with van der Waals surface area (Å²) in [6, 6.07) is 13.3. The van der Waals surface area contributed by atoms with Crippen molar-refractivity contribution in [3.05, 3.63) is 60.2 Å². The Morgan fingerprint density at radius 1 is 1.00 bits per heavy atom. The van der Waals surface area contributed by atoms with Crippen LogP contribution < -0.4 is 14.9 Å². The maximum absolute atomic E-state index is 13.0. The second-order valence-corrected chi connectivity index (χ2v) is 10.2. The molecule has 0 aliphatic heterocycles. The van der Waals surface area contributed by atoms with Crippen molar-refractivity contribution in [1.82, 2.24) is 10.6 Å². The van der Waals surface area contributed by atoms with E-state index in [1.54, 1.807) is 30.3 Å². The maximum Gasteiger partial charge on any atom is 0.338 e. The maximum atomic E-state index is 13.0. The number of urea groups is 1. The van der Waals surface area contributed by atoms with Crippen LogP contribution in [-0.2, 0) is 19.6 Å². The lowest BCUT2D eigenvalue weighted by Gasteiger charge is -2.23. The van der Waals surface area contributed by atoms with E-state index in [1.807, 2.05) is 0 Å². The van der Waals surface area contributed by atoms with Crippen LogP contribution in [0.25, 0.3) is 0 Å². The number of nitrogens with zero attached hydrogens (tertiary/aromatic N) is 1. The molecule has 34 heavy (non-hydrogen) atoms. The summed E-state index contributed by atoms with van der Waals surface area (Å²) in [7, 11) is -2.51. The Labute approximate surface area is 199 Å². The van der Waals surface area contributed by atoms with Crippen LogP contribution in [0.5, 0.6) is 0 Å². The molecule has 0 heterocycles. The zero-order chi connectivity index (χ0) is 24.7. The fourth-order valence-corrected chi connectivity index (χ4v) is 4.92. The van der Waals surface area contributed by atoms with E-state index >= 15 is 0 Å². The van der Waals surface area contributed by atoms with Gasteiger partial charge in [-0.2, -0.15) is 0 Å². The van der Waals surface area contributed by atoms with Crippen LogP contribution in [-0.4, -0.2) is 45.5 Å². The summed E-state index contributed by atoms with van der Waals surface area (Å²) in [4.78, 5) is 36.8. The molecule has 0 spiro atoms. The third-order valence-corrected chi connectivity index (χ3v) is 7.46. The highest BCUT2D eigenvalue weighted by atomic mass is 32.2. The van der Waals surface area contributed by atoms with Crippen molar-refractivity contribution < 1.29 is 27.5 Å². The fraction of sp³-hybridized carbons (Fsp3) is 0.375. The molecule has 2 aromatic carbocycles. The minimum atomic E-state index is -3.93. The van der Waals surface area contributed by atoms with Crippen molar-refractivity contribution >= 4 is 33.6 Å². The highest BCUT2D eigenvalue weighted by Gasteiger charge is 2.25. The Bertz CT molecular complexity index is 1130. The SMILES string of the molecule is CC(OC(=O)c1cccc(S(=O)(=O)N(C)c2ccccc2)c1)C(=O)NC(=O)NC1CCCCC1. The van der Waals surface area contributed by atoms with Crippen molar-refractivity contribution in [2.75, 3.05) is 11.4 Å². The molecule has 0 bridgehead atoms. The molecule has 1 saturated carbocycles. The molecule has 3 amide bonds. The van der Waals surface area contributed by atoms with Gasteiger partial charge in [0, 0.05) is 13.1 Å². The van der Waals surface area contributed by atoms with E-state index in [9.17, 15) is 22.8 Å². The molecule has 2 N–H and O–H groups in total. The van der Waals surface area contributed by atoms with Crippen molar-refractivity contribution in [1.29, 1.82) is 0 Å². The van der Waals surface area contributed by atoms with Gasteiger partial charge in [-0.25, -0.2) is 18.0 Å². The predicted octanol–water partition coefficient (Wildman–Crippen LogP) is 3.22. The van der Waals surface area contributed by atoms with Crippen molar-refractivity contribution in [2.45, 2.75) is 56.1 Å². The molecule has 1 unspecified atom stereocenters. The number of ether oxygens (including phenoxy) is 1. The standard InChI is InChI=1S/C24H29N3O6S/c1-17(22(28)26-24(30)25-19-11-5-3-6-12-19)33-23(29)18-10-9-15-21(16-18)34(31,32)27(2)20-13-7-4-8-14-20/h4,7-10,13-17,19H,3,5-6,11-12H2,1-2H3,(H2,25,26,28,30). The third kappa shape index (κ3) is 6.34. The first-order valence-electron chi connectivity index (χ1n) is 11.1. The van der Waals surface area contributed by atoms with Gasteiger partial charge in [-0.1, -0.05) is 43.5 Å². The Kier molecular flexibility index (Phi) is 8.27. The van der Waals surface area contributed by atoms with Gasteiger partial charge in [0.05, 0.1) is 16.1 Å². The summed E-state index contributed by atoms with van der Waals surface area (Å²) in [6.45, 7) is 1.34. The van der Waals surface area contributed by atoms with Gasteiger partial charge in [-0.15, -0.1) is 0 Å². The predicted molar refractivity (Wildman–Crippen MR) is 127 cm³/mol. The normalized spacial score (nSPS) is 15.1. The van der Waals surface area contributed by atoms with E-state index in [-0.39, 0.29) is 16.5 Å². The first kappa shape index (κ1) is 25.2. The van der Waals surface area contributed by atoms with Crippen molar-refractivity contribution in [3.8, 4) is 0 Å². The lowest BCUT2D eigenvalue weighted by atomic mass is 9.96. The second kappa shape index (κ2) is 11.1. The molecule has 1 aliphatic rings. The summed E-state index contributed by atoms with van der Waals surface area (Å²) in [5, 5.41) is 4.94. The zero-order valence-corrected chi connectivity index (χ0v) is 20.0. The van der Waals surface area contributed by atoms with Gasteiger partial charge in [0.2, 0.25) is 0 Å². The minimum Gasteiger partial charge on any atom is -0.449 e. The Morgan fingerprint density at radius 2 is 1.68 bits per heavy atom. The van der Waals surface area contributed by atoms with E-state index in [1.165, 1.54) is 38.2 Å². The molecule has 9 nitrogen and oxygen atoms in total. The monoisotopic (exact) mass is 487 g/mol. The number of para-hydroxylation sites is 1. The van der Waals surface area contributed by atoms with E-state index in [2.05, 4.69) is 10.6 Å². The fourth-order valence-electron chi connectivity index (χ4n) is 3.68. The summed E-state index contributed by atoms with van der Waals surface area (Å²) >= 11 is 0. The third-order valence-electron chi connectivity index (χ3n) is 5.68. The largest absolute Gasteiger partial charge is 0.449 e. The molecule has 1 fully saturated rings. The molecular formula is C24H29N3O6S. The van der Waals surface area contributed by atoms with Gasteiger partial charge in [0.25, 0.3) is 15.9 Å². The number of carbonyl (C=O) groups is 3. The number of sulfonamides is 1. The molecule has 10 heteroatoms. The number of hydrogen-bond acceptors (Lipinski definition) is 6. The molecule has 2 aromatic rings. The molecule has 0 radical (unpaired) electrons. The highest BCUT2D eigenvalue weighted by molar-refractivity contribution is 7.92. The molecule has 1 atom stereocenters. The van der Waals surface area contributed by atoms with Gasteiger partial charge < -0.3 is 10.1 Å². The second-order valence-electron chi connectivity index (χ2n) is 8.18. The number of nitrogens with one attached hydrogen (secondary N) is 2. The van der Waals surface area contributed by atoms with E-state index in [0.717, 1.165) is 36.4 Å². The van der Waals surface area contributed by atoms with Gasteiger partial charge in [0.15, 0.2) is 6.10 Å². The highest BCUT2D eigenvalue weighted by Crippen LogP contribution is 2.22. The topological polar surface area (TPSA) is 122 Å². The van der Waals surface area contributed by atoms with Crippen LogP contribution in [0, 0.1) is 0 Å². The number of esters is 1. The van der Waals surface area contributed by atoms with Gasteiger partial charge in [-0.3, -0.25) is 14.4 Å². The molecule has 3 rings (SSSR count). The van der Waals surface area contributed by atoms with Crippen LogP contribution in [0.4, 0.5) is 10.5 Å². The number of imide groups is 1. The van der Waals surface area contributed by atoms with E-state index < -0.39 is 34.0 Å².